The van der Waals surface area contributed by atoms with Gasteiger partial charge in [-0.25, -0.2) is 4.79 Å². The van der Waals surface area contributed by atoms with Gasteiger partial charge in [0.1, 0.15) is 12.4 Å². The van der Waals surface area contributed by atoms with Crippen molar-refractivity contribution in [3.05, 3.63) is 77.9 Å². The highest BCUT2D eigenvalue weighted by Crippen LogP contribution is 2.39. The summed E-state index contributed by atoms with van der Waals surface area (Å²) in [4.78, 5) is 27.2. The first-order chi connectivity index (χ1) is 14.2. The van der Waals surface area contributed by atoms with E-state index in [9.17, 15) is 9.59 Å². The Morgan fingerprint density at radius 3 is 2.21 bits per heavy atom. The Kier molecular flexibility index (Phi) is 6.09. The van der Waals surface area contributed by atoms with E-state index in [0.29, 0.717) is 13.0 Å². The lowest BCUT2D eigenvalue weighted by Gasteiger charge is -2.37. The topological polar surface area (TPSA) is 46.6 Å². The third kappa shape index (κ3) is 4.76. The van der Waals surface area contributed by atoms with Crippen LogP contribution in [0.25, 0.3) is 6.08 Å². The lowest BCUT2D eigenvalue weighted by Crippen LogP contribution is -2.48. The Labute approximate surface area is 172 Å². The van der Waals surface area contributed by atoms with Crippen LogP contribution in [0.2, 0.25) is 0 Å². The van der Waals surface area contributed by atoms with Crippen molar-refractivity contribution < 1.29 is 14.3 Å². The van der Waals surface area contributed by atoms with Crippen LogP contribution >= 0.6 is 0 Å². The summed E-state index contributed by atoms with van der Waals surface area (Å²) in [5, 5.41) is 0. The molecule has 2 bridgehead atoms. The average Bonchev–Trinajstić information content (AvgIpc) is 3.03. The van der Waals surface area contributed by atoms with Gasteiger partial charge in [-0.2, -0.15) is 0 Å². The fourth-order valence-corrected chi connectivity index (χ4v) is 4.57. The predicted octanol–water partition coefficient (Wildman–Crippen LogP) is 5.24. The van der Waals surface area contributed by atoms with Crippen molar-refractivity contribution >= 4 is 18.0 Å². The first-order valence-electron chi connectivity index (χ1n) is 10.4. The van der Waals surface area contributed by atoms with Crippen LogP contribution in [0.4, 0.5) is 4.79 Å². The van der Waals surface area contributed by atoms with Gasteiger partial charge in [-0.15, -0.1) is 0 Å². The van der Waals surface area contributed by atoms with Gasteiger partial charge in [0.15, 0.2) is 0 Å². The number of allylic oxidation sites excluding steroid dienone is 1. The van der Waals surface area contributed by atoms with Gasteiger partial charge in [0, 0.05) is 24.4 Å². The van der Waals surface area contributed by atoms with Gasteiger partial charge in [-0.1, -0.05) is 72.8 Å². The Morgan fingerprint density at radius 2 is 1.55 bits per heavy atom. The van der Waals surface area contributed by atoms with Crippen LogP contribution in [0.3, 0.4) is 0 Å². The second-order valence-corrected chi connectivity index (χ2v) is 7.98. The van der Waals surface area contributed by atoms with Crippen molar-refractivity contribution in [2.75, 3.05) is 0 Å². The number of benzene rings is 2. The van der Waals surface area contributed by atoms with Gasteiger partial charge in [-0.05, 0) is 36.8 Å². The van der Waals surface area contributed by atoms with Gasteiger partial charge in [-0.3, -0.25) is 4.79 Å². The van der Waals surface area contributed by atoms with Gasteiger partial charge in [0.25, 0.3) is 0 Å². The van der Waals surface area contributed by atoms with E-state index in [0.717, 1.165) is 36.8 Å². The summed E-state index contributed by atoms with van der Waals surface area (Å²) in [6, 6.07) is 20.0. The first kappa shape index (κ1) is 19.4. The number of nitrogens with zero attached hydrogens (tertiary/aromatic N) is 1. The van der Waals surface area contributed by atoms with Gasteiger partial charge in [0.05, 0.1) is 0 Å². The van der Waals surface area contributed by atoms with Crippen LogP contribution < -0.4 is 0 Å². The quantitative estimate of drug-likeness (QED) is 0.679. The van der Waals surface area contributed by atoms with E-state index in [1.54, 1.807) is 0 Å². The zero-order valence-electron chi connectivity index (χ0n) is 16.6. The van der Waals surface area contributed by atoms with E-state index >= 15 is 0 Å². The molecule has 2 saturated heterocycles. The summed E-state index contributed by atoms with van der Waals surface area (Å²) in [6.07, 6.45) is 7.63. The van der Waals surface area contributed by atoms with Crippen LogP contribution in [0.1, 0.15) is 43.2 Å². The summed E-state index contributed by atoms with van der Waals surface area (Å²) in [6.45, 7) is 0.294. The molecule has 2 unspecified atom stereocenters. The van der Waals surface area contributed by atoms with Crippen molar-refractivity contribution in [1.82, 2.24) is 4.90 Å². The van der Waals surface area contributed by atoms with Gasteiger partial charge < -0.3 is 9.64 Å². The molecule has 2 fully saturated rings. The zero-order valence-corrected chi connectivity index (χ0v) is 16.6. The standard InChI is InChI=1S/C25H27NO3/c27-24(13-7-12-19-8-3-1-4-9-19)21-16-22-14-15-23(17-21)26(22)25(28)29-18-20-10-5-2-6-11-20/h1-12,21-23H,13-18H2/b12-7+. The number of hydrogen-bond acceptors (Lipinski definition) is 3. The van der Waals surface area contributed by atoms with Crippen LogP contribution in [0, 0.1) is 5.92 Å². The summed E-state index contributed by atoms with van der Waals surface area (Å²) in [7, 11) is 0. The van der Waals surface area contributed by atoms with Crippen LogP contribution in [0.5, 0.6) is 0 Å². The molecule has 4 nitrogen and oxygen atoms in total. The lowest BCUT2D eigenvalue weighted by atomic mass is 9.86. The van der Waals surface area contributed by atoms with Crippen molar-refractivity contribution in [3.8, 4) is 0 Å². The Morgan fingerprint density at radius 1 is 0.931 bits per heavy atom. The largest absolute Gasteiger partial charge is 0.445 e. The molecule has 0 spiro atoms. The van der Waals surface area contributed by atoms with Crippen LogP contribution in [-0.4, -0.2) is 28.9 Å². The van der Waals surface area contributed by atoms with Crippen LogP contribution in [0.15, 0.2) is 66.7 Å². The number of ketones is 1. The molecular weight excluding hydrogens is 362 g/mol. The summed E-state index contributed by atoms with van der Waals surface area (Å²) >= 11 is 0. The molecule has 2 atom stereocenters. The summed E-state index contributed by atoms with van der Waals surface area (Å²) in [5.74, 6) is 0.331. The smallest absolute Gasteiger partial charge is 0.410 e. The second-order valence-electron chi connectivity index (χ2n) is 7.98. The molecule has 0 radical (unpaired) electrons. The molecule has 4 rings (SSSR count). The van der Waals surface area contributed by atoms with Crippen molar-refractivity contribution in [1.29, 1.82) is 0 Å². The first-order valence-corrected chi connectivity index (χ1v) is 10.4. The summed E-state index contributed by atoms with van der Waals surface area (Å²) in [5.41, 5.74) is 2.10. The van der Waals surface area contributed by atoms with E-state index in [4.69, 9.17) is 4.74 Å². The fraction of sp³-hybridized carbons (Fsp3) is 0.360. The average molecular weight is 389 g/mol. The highest BCUT2D eigenvalue weighted by Gasteiger charge is 2.45. The number of amides is 1. The van der Waals surface area contributed by atoms with Crippen molar-refractivity contribution in [2.24, 2.45) is 5.92 Å². The Hall–Kier alpha value is -2.88. The number of carbonyl (C=O) groups is 2. The normalized spacial score (nSPS) is 23.3. The molecule has 2 aromatic rings. The van der Waals surface area contributed by atoms with Crippen molar-refractivity contribution in [2.45, 2.75) is 50.8 Å². The number of rotatable bonds is 6. The van der Waals surface area contributed by atoms with E-state index < -0.39 is 0 Å². The number of hydrogen-bond donors (Lipinski definition) is 0. The minimum Gasteiger partial charge on any atom is -0.445 e. The van der Waals surface area contributed by atoms with E-state index in [1.165, 1.54) is 0 Å². The molecule has 0 N–H and O–H groups in total. The number of Topliss-reactive ketones (excluding diaryl/α,β-unsaturated/α-hetero) is 1. The minimum absolute atomic E-state index is 0.0473. The molecule has 4 heteroatoms. The van der Waals surface area contributed by atoms with Gasteiger partial charge in [0.2, 0.25) is 0 Å². The maximum atomic E-state index is 12.7. The number of piperidine rings is 1. The zero-order chi connectivity index (χ0) is 20.1. The molecule has 0 saturated carbocycles. The molecule has 0 aliphatic carbocycles. The number of ether oxygens (including phenoxy) is 1. The highest BCUT2D eigenvalue weighted by atomic mass is 16.6. The maximum absolute atomic E-state index is 12.7. The molecule has 1 amide bonds. The fourth-order valence-electron chi connectivity index (χ4n) is 4.57. The number of carbonyl (C=O) groups excluding carboxylic acids is 2. The SMILES string of the molecule is O=C(C/C=C/c1ccccc1)C1CC2CCC(C1)N2C(=O)OCc1ccccc1. The third-order valence-corrected chi connectivity index (χ3v) is 6.03. The monoisotopic (exact) mass is 389 g/mol. The predicted molar refractivity (Wildman–Crippen MR) is 113 cm³/mol. The lowest BCUT2D eigenvalue weighted by molar-refractivity contribution is -0.124. The highest BCUT2D eigenvalue weighted by molar-refractivity contribution is 5.83. The van der Waals surface area contributed by atoms with E-state index in [1.807, 2.05) is 77.7 Å². The number of fused-ring (bicyclic) bond motifs is 2. The molecule has 0 aromatic heterocycles. The molecule has 29 heavy (non-hydrogen) atoms. The molecule has 150 valence electrons. The Bertz CT molecular complexity index is 848. The molecule has 2 aliphatic heterocycles. The van der Waals surface area contributed by atoms with Crippen LogP contribution in [-0.2, 0) is 16.1 Å². The van der Waals surface area contributed by atoms with E-state index in [-0.39, 0.29) is 29.9 Å². The Balaban J connectivity index is 1.29. The molecular formula is C25H27NO3. The minimum atomic E-state index is -0.240. The van der Waals surface area contributed by atoms with E-state index in [2.05, 4.69) is 0 Å². The second kappa shape index (κ2) is 9.08. The molecule has 2 aliphatic rings. The maximum Gasteiger partial charge on any atom is 0.410 e. The third-order valence-electron chi connectivity index (χ3n) is 6.03. The van der Waals surface area contributed by atoms with Crippen molar-refractivity contribution in [3.63, 3.8) is 0 Å². The molecule has 2 aromatic carbocycles. The molecule has 2 heterocycles. The van der Waals surface area contributed by atoms with Gasteiger partial charge >= 0.3 is 6.09 Å². The summed E-state index contributed by atoms with van der Waals surface area (Å²) < 4.78 is 5.55.